The van der Waals surface area contributed by atoms with E-state index in [9.17, 15) is 0 Å². The Morgan fingerprint density at radius 3 is 1.47 bits per heavy atom. The Kier molecular flexibility index (Phi) is 6.54. The lowest BCUT2D eigenvalue weighted by Crippen LogP contribution is -2.11. The van der Waals surface area contributed by atoms with Crippen molar-refractivity contribution in [1.29, 1.82) is 0 Å². The molecule has 0 fully saturated rings. The number of anilines is 3. The first kappa shape index (κ1) is 27.2. The van der Waals surface area contributed by atoms with Gasteiger partial charge in [-0.15, -0.1) is 0 Å². The van der Waals surface area contributed by atoms with Crippen LogP contribution >= 0.6 is 0 Å². The molecule has 0 aromatic heterocycles. The molecule has 0 unspecified atom stereocenters. The van der Waals surface area contributed by atoms with Gasteiger partial charge in [0.2, 0.25) is 0 Å². The van der Waals surface area contributed by atoms with Gasteiger partial charge in [0, 0.05) is 16.5 Å². The van der Waals surface area contributed by atoms with Crippen molar-refractivity contribution in [1.82, 2.24) is 0 Å². The standard InChI is InChI=1S/C46H31N/c1-2-10-32(11-3-1)34-22-25-42(26-23-34)47(46-19-9-17-41-29-36-14-6-7-15-37(36)31-44(41)46)45-18-8-16-40-30-39(24-27-43(40)45)38-21-20-33-12-4-5-13-35(33)28-38/h1-31H. The van der Waals surface area contributed by atoms with E-state index in [0.717, 1.165) is 17.1 Å². The maximum Gasteiger partial charge on any atom is 0.0540 e. The maximum absolute atomic E-state index is 2.43. The van der Waals surface area contributed by atoms with Crippen LogP contribution in [0.3, 0.4) is 0 Å². The van der Waals surface area contributed by atoms with Gasteiger partial charge < -0.3 is 4.90 Å². The minimum atomic E-state index is 1.12. The lowest BCUT2D eigenvalue weighted by Gasteiger charge is -2.28. The topological polar surface area (TPSA) is 3.24 Å². The third kappa shape index (κ3) is 4.90. The lowest BCUT2D eigenvalue weighted by molar-refractivity contribution is 1.31. The fraction of sp³-hybridized carbons (Fsp3) is 0. The molecule has 0 saturated heterocycles. The summed E-state index contributed by atoms with van der Waals surface area (Å²) in [5, 5.41) is 9.89. The Bertz CT molecular complexity index is 2560. The summed E-state index contributed by atoms with van der Waals surface area (Å²) in [6.45, 7) is 0. The number of hydrogen-bond acceptors (Lipinski definition) is 1. The highest BCUT2D eigenvalue weighted by atomic mass is 15.1. The molecule has 0 bridgehead atoms. The van der Waals surface area contributed by atoms with E-state index in [1.807, 2.05) is 0 Å². The van der Waals surface area contributed by atoms with Crippen LogP contribution in [-0.4, -0.2) is 0 Å². The van der Waals surface area contributed by atoms with Gasteiger partial charge in [-0.25, -0.2) is 0 Å². The van der Waals surface area contributed by atoms with Crippen LogP contribution in [0.15, 0.2) is 188 Å². The average molecular weight is 598 g/mol. The third-order valence-electron chi connectivity index (χ3n) is 9.38. The summed E-state index contributed by atoms with van der Waals surface area (Å²) in [5.41, 5.74) is 8.30. The molecule has 1 nitrogen and oxygen atoms in total. The Labute approximate surface area is 274 Å². The van der Waals surface area contributed by atoms with Gasteiger partial charge in [0.1, 0.15) is 0 Å². The Morgan fingerprint density at radius 2 is 0.745 bits per heavy atom. The normalized spacial score (nSPS) is 11.4. The van der Waals surface area contributed by atoms with Crippen LogP contribution in [0.5, 0.6) is 0 Å². The molecule has 1 heteroatoms. The molecule has 0 radical (unpaired) electrons. The smallest absolute Gasteiger partial charge is 0.0540 e. The largest absolute Gasteiger partial charge is 0.309 e. The second-order valence-electron chi connectivity index (χ2n) is 12.2. The van der Waals surface area contributed by atoms with Gasteiger partial charge in [0.05, 0.1) is 11.4 Å². The summed E-state index contributed by atoms with van der Waals surface area (Å²) in [5.74, 6) is 0. The molecule has 0 aliphatic carbocycles. The molecule has 0 atom stereocenters. The summed E-state index contributed by atoms with van der Waals surface area (Å²) in [4.78, 5) is 2.43. The molecule has 9 aromatic rings. The van der Waals surface area contributed by atoms with Crippen molar-refractivity contribution in [3.8, 4) is 22.3 Å². The monoisotopic (exact) mass is 597 g/mol. The summed E-state index contributed by atoms with van der Waals surface area (Å²) >= 11 is 0. The van der Waals surface area contributed by atoms with Crippen molar-refractivity contribution in [3.63, 3.8) is 0 Å². The van der Waals surface area contributed by atoms with E-state index in [0.29, 0.717) is 0 Å². The number of hydrogen-bond donors (Lipinski definition) is 0. The van der Waals surface area contributed by atoms with Crippen LogP contribution in [0.1, 0.15) is 0 Å². The minimum Gasteiger partial charge on any atom is -0.309 e. The summed E-state index contributed by atoms with van der Waals surface area (Å²) < 4.78 is 0. The highest BCUT2D eigenvalue weighted by Crippen LogP contribution is 2.43. The zero-order valence-electron chi connectivity index (χ0n) is 25.8. The molecule has 0 saturated carbocycles. The summed E-state index contributed by atoms with van der Waals surface area (Å²) in [6, 6.07) is 68.4. The van der Waals surface area contributed by atoms with Gasteiger partial charge in [-0.3, -0.25) is 0 Å². The molecule has 9 rings (SSSR count). The predicted octanol–water partition coefficient (Wildman–Crippen LogP) is 13.1. The third-order valence-corrected chi connectivity index (χ3v) is 9.38. The molecule has 0 aliphatic heterocycles. The Hall–Kier alpha value is -6.18. The number of rotatable bonds is 5. The van der Waals surface area contributed by atoms with Crippen molar-refractivity contribution in [2.45, 2.75) is 0 Å². The van der Waals surface area contributed by atoms with Crippen molar-refractivity contribution in [2.75, 3.05) is 4.90 Å². The van der Waals surface area contributed by atoms with E-state index < -0.39 is 0 Å². The fourth-order valence-electron chi connectivity index (χ4n) is 7.00. The van der Waals surface area contributed by atoms with Crippen molar-refractivity contribution in [2.24, 2.45) is 0 Å². The van der Waals surface area contributed by atoms with Gasteiger partial charge in [0.15, 0.2) is 0 Å². The first-order valence-electron chi connectivity index (χ1n) is 16.2. The van der Waals surface area contributed by atoms with Crippen molar-refractivity contribution < 1.29 is 0 Å². The highest BCUT2D eigenvalue weighted by Gasteiger charge is 2.18. The zero-order valence-corrected chi connectivity index (χ0v) is 25.8. The maximum atomic E-state index is 2.43. The van der Waals surface area contributed by atoms with E-state index in [1.54, 1.807) is 0 Å². The van der Waals surface area contributed by atoms with Crippen molar-refractivity contribution in [3.05, 3.63) is 188 Å². The summed E-state index contributed by atoms with van der Waals surface area (Å²) in [6.07, 6.45) is 0. The van der Waals surface area contributed by atoms with E-state index >= 15 is 0 Å². The summed E-state index contributed by atoms with van der Waals surface area (Å²) in [7, 11) is 0. The lowest BCUT2D eigenvalue weighted by atomic mass is 9.97. The van der Waals surface area contributed by atoms with E-state index in [2.05, 4.69) is 193 Å². The minimum absolute atomic E-state index is 1.12. The Morgan fingerprint density at radius 1 is 0.255 bits per heavy atom. The quantitative estimate of drug-likeness (QED) is 0.178. The second kappa shape index (κ2) is 11.3. The number of benzene rings is 9. The van der Waals surface area contributed by atoms with Crippen LogP contribution < -0.4 is 4.90 Å². The van der Waals surface area contributed by atoms with E-state index in [4.69, 9.17) is 0 Å². The van der Waals surface area contributed by atoms with E-state index in [1.165, 1.54) is 65.3 Å². The zero-order chi connectivity index (χ0) is 31.2. The van der Waals surface area contributed by atoms with E-state index in [-0.39, 0.29) is 0 Å². The molecule has 0 amide bonds. The predicted molar refractivity (Wildman–Crippen MR) is 202 cm³/mol. The molecule has 0 heterocycles. The Balaban J connectivity index is 1.24. The second-order valence-corrected chi connectivity index (χ2v) is 12.2. The molecule has 47 heavy (non-hydrogen) atoms. The van der Waals surface area contributed by atoms with Crippen LogP contribution in [0.4, 0.5) is 17.1 Å². The number of fused-ring (bicyclic) bond motifs is 4. The van der Waals surface area contributed by atoms with Crippen LogP contribution in [0, 0.1) is 0 Å². The molecule has 9 aromatic carbocycles. The average Bonchev–Trinajstić information content (AvgIpc) is 3.14. The van der Waals surface area contributed by atoms with Crippen LogP contribution in [0.25, 0.3) is 65.3 Å². The fourth-order valence-corrected chi connectivity index (χ4v) is 7.00. The van der Waals surface area contributed by atoms with Crippen molar-refractivity contribution >= 4 is 60.2 Å². The van der Waals surface area contributed by atoms with Gasteiger partial charge in [-0.2, -0.15) is 0 Å². The SMILES string of the molecule is c1ccc(-c2ccc(N(c3cccc4cc(-c5ccc6ccccc6c5)ccc34)c3cccc4cc5ccccc5cc34)cc2)cc1. The van der Waals surface area contributed by atoms with Gasteiger partial charge >= 0.3 is 0 Å². The van der Waals surface area contributed by atoms with Crippen LogP contribution in [-0.2, 0) is 0 Å². The van der Waals surface area contributed by atoms with Gasteiger partial charge in [-0.1, -0.05) is 140 Å². The van der Waals surface area contributed by atoms with Gasteiger partial charge in [0.25, 0.3) is 0 Å². The molecule has 0 N–H and O–H groups in total. The van der Waals surface area contributed by atoms with Crippen LogP contribution in [0.2, 0.25) is 0 Å². The number of nitrogens with zero attached hydrogens (tertiary/aromatic N) is 1. The first-order valence-corrected chi connectivity index (χ1v) is 16.2. The molecule has 220 valence electrons. The highest BCUT2D eigenvalue weighted by molar-refractivity contribution is 6.09. The molecular formula is C46H31N. The molecule has 0 aliphatic rings. The first-order chi connectivity index (χ1) is 23.3. The molecular weight excluding hydrogens is 567 g/mol. The van der Waals surface area contributed by atoms with Gasteiger partial charge in [-0.05, 0) is 103 Å². The molecule has 0 spiro atoms.